The summed E-state index contributed by atoms with van der Waals surface area (Å²) in [5.74, 6) is -0.941. The van der Waals surface area contributed by atoms with Gasteiger partial charge in [0.1, 0.15) is 0 Å². The van der Waals surface area contributed by atoms with Crippen LogP contribution in [0.25, 0.3) is 10.9 Å². The van der Waals surface area contributed by atoms with Gasteiger partial charge in [-0.1, -0.05) is 77.9 Å². The van der Waals surface area contributed by atoms with Crippen LogP contribution < -0.4 is 0 Å². The average Bonchev–Trinajstić information content (AvgIpc) is 3.01. The smallest absolute Gasteiger partial charge is 0.305 e. The molecule has 0 bridgehead atoms. The summed E-state index contributed by atoms with van der Waals surface area (Å²) in [4.78, 5) is 13.3. The minimum absolute atomic E-state index is 0.104. The third kappa shape index (κ3) is 3.51. The molecule has 1 aromatic heterocycles. The van der Waals surface area contributed by atoms with Gasteiger partial charge >= 0.3 is 5.91 Å². The molecule has 0 fully saturated rings. The predicted molar refractivity (Wildman–Crippen MR) is 119 cm³/mol. The highest BCUT2D eigenvalue weighted by Crippen LogP contribution is 2.39. The number of para-hydroxylation sites is 1. The number of benzene rings is 3. The Morgan fingerprint density at radius 3 is 2.06 bits per heavy atom. The summed E-state index contributed by atoms with van der Waals surface area (Å²) in [5.41, 5.74) is 1.55. The fraction of sp³-hybridized carbons (Fsp3) is 0.160. The standard InChI is InChI=1S/C25H23N3O3/c1-16-8-6-10-18(14-16)25(31,19-11-7-9-17(2)15-19)24(30)27-26-22-20-12-4-5-13-21(20)28(3)23(22)29/h4-15,29,31H,1-3H3. The Balaban J connectivity index is 1.84. The second-order valence-electron chi connectivity index (χ2n) is 7.70. The number of aromatic hydroxyl groups is 1. The third-order valence-electron chi connectivity index (χ3n) is 5.47. The van der Waals surface area contributed by atoms with E-state index in [1.54, 1.807) is 54.1 Å². The topological polar surface area (TPSA) is 87.2 Å². The number of azo groups is 1. The molecule has 1 amide bonds. The van der Waals surface area contributed by atoms with Crippen molar-refractivity contribution < 1.29 is 15.0 Å². The fourth-order valence-electron chi connectivity index (χ4n) is 3.78. The Morgan fingerprint density at radius 1 is 0.903 bits per heavy atom. The van der Waals surface area contributed by atoms with E-state index in [0.717, 1.165) is 16.6 Å². The summed E-state index contributed by atoms with van der Waals surface area (Å²) >= 11 is 0. The maximum atomic E-state index is 13.3. The molecule has 3 aromatic carbocycles. The third-order valence-corrected chi connectivity index (χ3v) is 5.47. The fourth-order valence-corrected chi connectivity index (χ4v) is 3.78. The number of fused-ring (bicyclic) bond motifs is 1. The normalized spacial score (nSPS) is 12.0. The van der Waals surface area contributed by atoms with Gasteiger partial charge in [-0.25, -0.2) is 0 Å². The molecule has 6 nitrogen and oxygen atoms in total. The lowest BCUT2D eigenvalue weighted by molar-refractivity contribution is -0.133. The largest absolute Gasteiger partial charge is 0.493 e. The molecular formula is C25H23N3O3. The van der Waals surface area contributed by atoms with Gasteiger partial charge < -0.3 is 14.8 Å². The Morgan fingerprint density at radius 2 is 1.48 bits per heavy atom. The molecule has 6 heteroatoms. The highest BCUT2D eigenvalue weighted by Gasteiger charge is 2.40. The van der Waals surface area contributed by atoms with Crippen LogP contribution in [0.3, 0.4) is 0 Å². The first-order valence-electron chi connectivity index (χ1n) is 9.91. The lowest BCUT2D eigenvalue weighted by Gasteiger charge is -2.26. The first-order valence-corrected chi connectivity index (χ1v) is 9.91. The zero-order valence-electron chi connectivity index (χ0n) is 17.6. The number of hydrogen-bond acceptors (Lipinski definition) is 4. The van der Waals surface area contributed by atoms with Crippen molar-refractivity contribution in [1.29, 1.82) is 0 Å². The molecule has 4 rings (SSSR count). The van der Waals surface area contributed by atoms with Crippen LogP contribution in [0.2, 0.25) is 0 Å². The van der Waals surface area contributed by atoms with E-state index < -0.39 is 11.5 Å². The van der Waals surface area contributed by atoms with Crippen LogP contribution in [0.4, 0.5) is 5.69 Å². The monoisotopic (exact) mass is 413 g/mol. The first kappa shape index (κ1) is 20.5. The molecule has 0 saturated heterocycles. The van der Waals surface area contributed by atoms with Crippen LogP contribution in [-0.2, 0) is 17.4 Å². The van der Waals surface area contributed by atoms with Crippen molar-refractivity contribution in [1.82, 2.24) is 4.57 Å². The lowest BCUT2D eigenvalue weighted by atomic mass is 9.84. The van der Waals surface area contributed by atoms with E-state index in [-0.39, 0.29) is 11.6 Å². The molecule has 1 heterocycles. The number of amides is 1. The molecule has 4 aromatic rings. The number of rotatable bonds is 4. The van der Waals surface area contributed by atoms with Gasteiger partial charge in [0.25, 0.3) is 0 Å². The molecule has 0 aliphatic heterocycles. The summed E-state index contributed by atoms with van der Waals surface area (Å²) in [6.07, 6.45) is 0. The summed E-state index contributed by atoms with van der Waals surface area (Å²) < 4.78 is 1.57. The van der Waals surface area contributed by atoms with Crippen molar-refractivity contribution in [2.24, 2.45) is 17.3 Å². The van der Waals surface area contributed by atoms with E-state index in [9.17, 15) is 15.0 Å². The van der Waals surface area contributed by atoms with Crippen LogP contribution >= 0.6 is 0 Å². The molecule has 31 heavy (non-hydrogen) atoms. The SMILES string of the molecule is Cc1cccc(C(O)(C(=O)N=Nc2c(O)n(C)c3ccccc23)c2cccc(C)c2)c1. The number of aryl methyl sites for hydroxylation is 3. The van der Waals surface area contributed by atoms with E-state index >= 15 is 0 Å². The van der Waals surface area contributed by atoms with Gasteiger partial charge in [-0.2, -0.15) is 0 Å². The molecule has 0 saturated carbocycles. The van der Waals surface area contributed by atoms with Gasteiger partial charge in [0.2, 0.25) is 5.88 Å². The Labute approximate surface area is 180 Å². The van der Waals surface area contributed by atoms with Crippen LogP contribution in [0, 0.1) is 13.8 Å². The number of carbonyl (C=O) groups is 1. The molecule has 0 aliphatic carbocycles. The Kier molecular flexibility index (Phi) is 5.17. The van der Waals surface area contributed by atoms with Crippen molar-refractivity contribution in [3.63, 3.8) is 0 Å². The molecule has 0 atom stereocenters. The highest BCUT2D eigenvalue weighted by molar-refractivity contribution is 5.96. The van der Waals surface area contributed by atoms with Crippen molar-refractivity contribution in [3.8, 4) is 5.88 Å². The Hall–Kier alpha value is -3.77. The number of carbonyl (C=O) groups excluding carboxylic acids is 1. The number of hydrogen-bond donors (Lipinski definition) is 2. The van der Waals surface area contributed by atoms with Crippen molar-refractivity contribution in [2.75, 3.05) is 0 Å². The van der Waals surface area contributed by atoms with E-state index in [0.29, 0.717) is 16.5 Å². The molecule has 0 spiro atoms. The lowest BCUT2D eigenvalue weighted by Crippen LogP contribution is -2.36. The summed E-state index contributed by atoms with van der Waals surface area (Å²) in [5, 5.41) is 30.7. The van der Waals surface area contributed by atoms with E-state index in [2.05, 4.69) is 10.2 Å². The summed E-state index contributed by atoms with van der Waals surface area (Å²) in [6, 6.07) is 21.5. The van der Waals surface area contributed by atoms with Gasteiger partial charge in [-0.05, 0) is 31.0 Å². The maximum absolute atomic E-state index is 13.3. The molecular weight excluding hydrogens is 390 g/mol. The van der Waals surface area contributed by atoms with Gasteiger partial charge in [0.05, 0.1) is 5.52 Å². The molecule has 156 valence electrons. The molecule has 2 N–H and O–H groups in total. The second kappa shape index (κ2) is 7.81. The Bertz CT molecular complexity index is 1280. The van der Waals surface area contributed by atoms with Crippen LogP contribution in [0.5, 0.6) is 5.88 Å². The summed E-state index contributed by atoms with van der Waals surface area (Å²) in [7, 11) is 1.70. The molecule has 0 radical (unpaired) electrons. The zero-order valence-corrected chi connectivity index (χ0v) is 17.6. The van der Waals surface area contributed by atoms with Gasteiger partial charge in [-0.3, -0.25) is 4.79 Å². The van der Waals surface area contributed by atoms with Crippen LogP contribution in [-0.4, -0.2) is 20.7 Å². The zero-order chi connectivity index (χ0) is 22.2. The van der Waals surface area contributed by atoms with E-state index in [1.807, 2.05) is 44.2 Å². The predicted octanol–water partition coefficient (Wildman–Crippen LogP) is 5.05. The maximum Gasteiger partial charge on any atom is 0.305 e. The van der Waals surface area contributed by atoms with Crippen LogP contribution in [0.15, 0.2) is 83.0 Å². The van der Waals surface area contributed by atoms with Gasteiger partial charge in [-0.15, -0.1) is 10.2 Å². The molecule has 0 unspecified atom stereocenters. The minimum atomic E-state index is -2.01. The average molecular weight is 413 g/mol. The van der Waals surface area contributed by atoms with Crippen molar-refractivity contribution >= 4 is 22.5 Å². The van der Waals surface area contributed by atoms with Crippen molar-refractivity contribution in [2.45, 2.75) is 19.4 Å². The first-order chi connectivity index (χ1) is 14.8. The number of aliphatic hydroxyl groups is 1. The van der Waals surface area contributed by atoms with Crippen molar-refractivity contribution in [3.05, 3.63) is 95.1 Å². The van der Waals surface area contributed by atoms with Gasteiger partial charge in [0.15, 0.2) is 11.3 Å². The second-order valence-corrected chi connectivity index (χ2v) is 7.70. The van der Waals surface area contributed by atoms with Crippen LogP contribution in [0.1, 0.15) is 22.3 Å². The highest BCUT2D eigenvalue weighted by atomic mass is 16.3. The minimum Gasteiger partial charge on any atom is -0.493 e. The molecule has 0 aliphatic rings. The quantitative estimate of drug-likeness (QED) is 0.459. The van der Waals surface area contributed by atoms with E-state index in [4.69, 9.17) is 0 Å². The number of aromatic nitrogens is 1. The summed E-state index contributed by atoms with van der Waals surface area (Å²) in [6.45, 7) is 3.78. The number of nitrogens with zero attached hydrogens (tertiary/aromatic N) is 3. The van der Waals surface area contributed by atoms with Gasteiger partial charge in [0, 0.05) is 12.4 Å². The van der Waals surface area contributed by atoms with E-state index in [1.165, 1.54) is 0 Å².